The van der Waals surface area contributed by atoms with Gasteiger partial charge in [0.05, 0.1) is 18.2 Å². The van der Waals surface area contributed by atoms with E-state index >= 15 is 0 Å². The van der Waals surface area contributed by atoms with Crippen LogP contribution in [0.15, 0.2) is 36.9 Å². The van der Waals surface area contributed by atoms with Crippen LogP contribution in [-0.2, 0) is 6.54 Å². The van der Waals surface area contributed by atoms with E-state index in [2.05, 4.69) is 21.1 Å². The number of hydrogen-bond donors (Lipinski definition) is 1. The molecule has 1 N–H and O–H groups in total. The zero-order valence-corrected chi connectivity index (χ0v) is 13.5. The molecular formula is C17H21N5O2. The molecule has 0 unspecified atom stereocenters. The summed E-state index contributed by atoms with van der Waals surface area (Å²) in [7, 11) is 0. The summed E-state index contributed by atoms with van der Waals surface area (Å²) in [6.07, 6.45) is 4.93. The minimum absolute atomic E-state index is 0.235. The van der Waals surface area contributed by atoms with Gasteiger partial charge < -0.3 is 9.84 Å². The molecule has 0 amide bonds. The van der Waals surface area contributed by atoms with Crippen LogP contribution in [0.5, 0.6) is 5.75 Å². The number of benzene rings is 1. The Bertz CT molecular complexity index is 665. The van der Waals surface area contributed by atoms with Crippen molar-refractivity contribution in [1.82, 2.24) is 19.7 Å². The van der Waals surface area contributed by atoms with Gasteiger partial charge in [0, 0.05) is 12.6 Å². The zero-order valence-electron chi connectivity index (χ0n) is 13.5. The van der Waals surface area contributed by atoms with E-state index in [0.717, 1.165) is 25.9 Å². The molecule has 1 aromatic carbocycles. The van der Waals surface area contributed by atoms with E-state index in [-0.39, 0.29) is 6.61 Å². The van der Waals surface area contributed by atoms with Crippen molar-refractivity contribution in [2.24, 2.45) is 0 Å². The molecule has 126 valence electrons. The number of nitriles is 1. The Morgan fingerprint density at radius 2 is 2.21 bits per heavy atom. The fourth-order valence-corrected chi connectivity index (χ4v) is 3.03. The molecule has 7 nitrogen and oxygen atoms in total. The molecule has 24 heavy (non-hydrogen) atoms. The Morgan fingerprint density at radius 3 is 2.92 bits per heavy atom. The summed E-state index contributed by atoms with van der Waals surface area (Å²) in [6.45, 7) is 2.59. The molecule has 0 bridgehead atoms. The first kappa shape index (κ1) is 16.4. The largest absolute Gasteiger partial charge is 0.491 e. The maximum atomic E-state index is 10.3. The van der Waals surface area contributed by atoms with Gasteiger partial charge in [0.1, 0.15) is 31.1 Å². The van der Waals surface area contributed by atoms with Crippen LogP contribution in [0.3, 0.4) is 0 Å². The van der Waals surface area contributed by atoms with E-state index < -0.39 is 6.10 Å². The summed E-state index contributed by atoms with van der Waals surface area (Å²) < 4.78 is 7.44. The summed E-state index contributed by atoms with van der Waals surface area (Å²) >= 11 is 0. The maximum absolute atomic E-state index is 10.3. The topological polar surface area (TPSA) is 87.2 Å². The van der Waals surface area contributed by atoms with Crippen molar-refractivity contribution in [3.8, 4) is 11.8 Å². The number of aromatic nitrogens is 3. The van der Waals surface area contributed by atoms with Crippen LogP contribution in [0.1, 0.15) is 18.4 Å². The highest BCUT2D eigenvalue weighted by Gasteiger charge is 2.26. The number of aliphatic hydroxyl groups is 1. The molecule has 0 aliphatic carbocycles. The van der Waals surface area contributed by atoms with Crippen LogP contribution < -0.4 is 4.74 Å². The number of hydrogen-bond acceptors (Lipinski definition) is 6. The lowest BCUT2D eigenvalue weighted by molar-refractivity contribution is 0.0609. The van der Waals surface area contributed by atoms with Crippen molar-refractivity contribution < 1.29 is 9.84 Å². The van der Waals surface area contributed by atoms with Gasteiger partial charge in [-0.15, -0.1) is 0 Å². The summed E-state index contributed by atoms with van der Waals surface area (Å²) in [5.74, 6) is 0.661. The molecule has 7 heteroatoms. The third kappa shape index (κ3) is 4.31. The SMILES string of the molecule is N#Cc1ccc(OC[C@H](O)CN2CCC[C@@H]2Cn2cncn2)cc1. The number of aliphatic hydroxyl groups excluding tert-OH is 1. The molecule has 0 radical (unpaired) electrons. The Labute approximate surface area is 141 Å². The highest BCUT2D eigenvalue weighted by Crippen LogP contribution is 2.19. The van der Waals surface area contributed by atoms with Crippen molar-refractivity contribution in [2.45, 2.75) is 31.5 Å². The average molecular weight is 327 g/mol. The molecule has 1 aliphatic heterocycles. The average Bonchev–Trinajstić information content (AvgIpc) is 3.26. The van der Waals surface area contributed by atoms with Crippen molar-refractivity contribution >= 4 is 0 Å². The lowest BCUT2D eigenvalue weighted by Crippen LogP contribution is -2.40. The van der Waals surface area contributed by atoms with Gasteiger partial charge in [0.25, 0.3) is 0 Å². The first-order valence-electron chi connectivity index (χ1n) is 8.12. The predicted molar refractivity (Wildman–Crippen MR) is 87.3 cm³/mol. The van der Waals surface area contributed by atoms with Gasteiger partial charge in [-0.2, -0.15) is 10.4 Å². The molecule has 3 rings (SSSR count). The Kier molecular flexibility index (Phi) is 5.41. The molecule has 1 fully saturated rings. The van der Waals surface area contributed by atoms with Gasteiger partial charge in [0.2, 0.25) is 0 Å². The summed E-state index contributed by atoms with van der Waals surface area (Å²) in [5.41, 5.74) is 0.593. The van der Waals surface area contributed by atoms with E-state index in [1.54, 1.807) is 36.9 Å². The smallest absolute Gasteiger partial charge is 0.137 e. The summed E-state index contributed by atoms with van der Waals surface area (Å²) in [4.78, 5) is 6.26. The lowest BCUT2D eigenvalue weighted by Gasteiger charge is -2.26. The fraction of sp³-hybridized carbons (Fsp3) is 0.471. The second kappa shape index (κ2) is 7.90. The number of likely N-dealkylation sites (tertiary alicyclic amines) is 1. The first-order valence-corrected chi connectivity index (χ1v) is 8.12. The molecular weight excluding hydrogens is 306 g/mol. The number of rotatable bonds is 7. The predicted octanol–water partition coefficient (Wildman–Crippen LogP) is 1.05. The minimum atomic E-state index is -0.558. The minimum Gasteiger partial charge on any atom is -0.491 e. The number of nitrogens with zero attached hydrogens (tertiary/aromatic N) is 5. The van der Waals surface area contributed by atoms with Crippen molar-refractivity contribution in [3.63, 3.8) is 0 Å². The molecule has 0 spiro atoms. The monoisotopic (exact) mass is 327 g/mol. The molecule has 2 heterocycles. The number of β-amino-alcohol motifs (C(OH)–C–C–N with tert-alkyl or cyclic N) is 1. The van der Waals surface area contributed by atoms with E-state index in [1.165, 1.54) is 0 Å². The third-order valence-electron chi connectivity index (χ3n) is 4.23. The summed E-state index contributed by atoms with van der Waals surface area (Å²) in [6, 6.07) is 9.34. The summed E-state index contributed by atoms with van der Waals surface area (Å²) in [5, 5.41) is 23.2. The van der Waals surface area contributed by atoms with Crippen LogP contribution in [0.25, 0.3) is 0 Å². The normalized spacial score (nSPS) is 19.1. The maximum Gasteiger partial charge on any atom is 0.137 e. The zero-order chi connectivity index (χ0) is 16.8. The highest BCUT2D eigenvalue weighted by atomic mass is 16.5. The van der Waals surface area contributed by atoms with Crippen LogP contribution in [0.4, 0.5) is 0 Å². The molecule has 2 aromatic rings. The van der Waals surface area contributed by atoms with Crippen LogP contribution in [0, 0.1) is 11.3 Å². The van der Waals surface area contributed by atoms with Crippen molar-refractivity contribution in [2.75, 3.05) is 19.7 Å². The lowest BCUT2D eigenvalue weighted by atomic mass is 10.2. The second-order valence-corrected chi connectivity index (χ2v) is 6.01. The number of ether oxygens (including phenoxy) is 1. The van der Waals surface area contributed by atoms with E-state index in [9.17, 15) is 5.11 Å². The first-order chi connectivity index (χ1) is 11.7. The van der Waals surface area contributed by atoms with Gasteiger partial charge in [-0.25, -0.2) is 4.98 Å². The Morgan fingerprint density at radius 1 is 1.38 bits per heavy atom. The van der Waals surface area contributed by atoms with Gasteiger partial charge in [-0.3, -0.25) is 9.58 Å². The standard InChI is InChI=1S/C17H21N5O2/c18-8-14-3-5-17(6-4-14)24-11-16(23)10-21-7-1-2-15(21)9-22-13-19-12-20-22/h3-6,12-13,15-16,23H,1-2,7,9-11H2/t15-,16-/m1/s1. The van der Waals surface area contributed by atoms with E-state index in [0.29, 0.717) is 23.9 Å². The van der Waals surface area contributed by atoms with Crippen LogP contribution in [0.2, 0.25) is 0 Å². The van der Waals surface area contributed by atoms with Crippen LogP contribution in [-0.4, -0.2) is 56.6 Å². The fourth-order valence-electron chi connectivity index (χ4n) is 3.03. The van der Waals surface area contributed by atoms with Gasteiger partial charge in [-0.1, -0.05) is 0 Å². The third-order valence-corrected chi connectivity index (χ3v) is 4.23. The molecule has 1 aromatic heterocycles. The van der Waals surface area contributed by atoms with Crippen molar-refractivity contribution in [3.05, 3.63) is 42.5 Å². The van der Waals surface area contributed by atoms with Gasteiger partial charge in [-0.05, 0) is 43.7 Å². The van der Waals surface area contributed by atoms with E-state index in [4.69, 9.17) is 10.00 Å². The Hall–Kier alpha value is -2.43. The van der Waals surface area contributed by atoms with Gasteiger partial charge >= 0.3 is 0 Å². The molecule has 0 saturated carbocycles. The van der Waals surface area contributed by atoms with Crippen molar-refractivity contribution in [1.29, 1.82) is 5.26 Å². The molecule has 2 atom stereocenters. The Balaban J connectivity index is 1.46. The highest BCUT2D eigenvalue weighted by molar-refractivity contribution is 5.34. The molecule has 1 aliphatic rings. The van der Waals surface area contributed by atoms with Crippen LogP contribution >= 0.6 is 0 Å². The molecule has 1 saturated heterocycles. The van der Waals surface area contributed by atoms with Gasteiger partial charge in [0.15, 0.2) is 0 Å². The second-order valence-electron chi connectivity index (χ2n) is 6.01. The quantitative estimate of drug-likeness (QED) is 0.818. The van der Waals surface area contributed by atoms with E-state index in [1.807, 2.05) is 4.68 Å².